The molecule has 24 heavy (non-hydrogen) atoms. The van der Waals surface area contributed by atoms with E-state index >= 15 is 0 Å². The lowest BCUT2D eigenvalue weighted by molar-refractivity contribution is 0.0668. The number of nitrogens with zero attached hydrogens (tertiary/aromatic N) is 5. The van der Waals surface area contributed by atoms with E-state index in [-0.39, 0.29) is 11.4 Å². The van der Waals surface area contributed by atoms with Gasteiger partial charge in [0.1, 0.15) is 0 Å². The first kappa shape index (κ1) is 14.7. The van der Waals surface area contributed by atoms with E-state index < -0.39 is 0 Å². The van der Waals surface area contributed by atoms with Crippen LogP contribution in [-0.2, 0) is 0 Å². The third-order valence-corrected chi connectivity index (χ3v) is 4.69. The molecule has 0 aliphatic carbocycles. The molecular formula is C16H19N7O. The summed E-state index contributed by atoms with van der Waals surface area (Å²) in [5.74, 6) is 1.21. The molecule has 0 saturated carbocycles. The number of carbonyl (C=O) groups excluding carboxylic acids is 1. The Kier molecular flexibility index (Phi) is 3.44. The summed E-state index contributed by atoms with van der Waals surface area (Å²) < 4.78 is 1.66. The standard InChI is InChI=1S/C16H19N7O/c17-15-19-11-16(21-15)4-8-22(9-5-16)14(24)12-2-3-13(18-10-12)23-7-1-6-20-23/h1-3,6-7,10H,4-5,8-9,11H2,(H3,17,19,21). The van der Waals surface area contributed by atoms with Crippen molar-refractivity contribution in [2.45, 2.75) is 18.4 Å². The number of carbonyl (C=O) groups is 1. The fourth-order valence-corrected chi connectivity index (χ4v) is 3.24. The van der Waals surface area contributed by atoms with Crippen LogP contribution < -0.4 is 11.1 Å². The van der Waals surface area contributed by atoms with Crippen molar-refractivity contribution in [1.82, 2.24) is 25.0 Å². The monoisotopic (exact) mass is 325 g/mol. The highest BCUT2D eigenvalue weighted by Crippen LogP contribution is 2.26. The fraction of sp³-hybridized carbons (Fsp3) is 0.375. The molecule has 2 aliphatic heterocycles. The van der Waals surface area contributed by atoms with Crippen LogP contribution in [0.15, 0.2) is 41.8 Å². The predicted molar refractivity (Wildman–Crippen MR) is 88.9 cm³/mol. The molecule has 1 spiro atoms. The van der Waals surface area contributed by atoms with E-state index in [0.29, 0.717) is 37.0 Å². The van der Waals surface area contributed by atoms with Gasteiger partial charge >= 0.3 is 0 Å². The zero-order valence-corrected chi connectivity index (χ0v) is 13.2. The summed E-state index contributed by atoms with van der Waals surface area (Å²) in [5, 5.41) is 7.39. The number of amides is 1. The molecule has 4 rings (SSSR count). The molecule has 1 amide bonds. The number of guanidine groups is 1. The van der Waals surface area contributed by atoms with Crippen LogP contribution in [0.1, 0.15) is 23.2 Å². The number of aromatic nitrogens is 3. The molecule has 8 heteroatoms. The van der Waals surface area contributed by atoms with E-state index in [9.17, 15) is 4.79 Å². The van der Waals surface area contributed by atoms with Crippen LogP contribution in [-0.4, -0.2) is 56.7 Å². The number of nitrogens with two attached hydrogens (primary N) is 1. The summed E-state index contributed by atoms with van der Waals surface area (Å²) in [5.41, 5.74) is 6.25. The molecule has 3 N–H and O–H groups in total. The average Bonchev–Trinajstić information content (AvgIpc) is 3.26. The number of likely N-dealkylation sites (tertiary alicyclic amines) is 1. The Bertz CT molecular complexity index is 758. The van der Waals surface area contributed by atoms with Gasteiger partial charge in [0.05, 0.1) is 17.6 Å². The molecule has 0 atom stereocenters. The lowest BCUT2D eigenvalue weighted by Gasteiger charge is -2.39. The number of pyridine rings is 1. The van der Waals surface area contributed by atoms with Gasteiger partial charge in [-0.3, -0.25) is 9.79 Å². The smallest absolute Gasteiger partial charge is 0.255 e. The Hall–Kier alpha value is -2.90. The van der Waals surface area contributed by atoms with Gasteiger partial charge in [0.25, 0.3) is 5.91 Å². The van der Waals surface area contributed by atoms with Crippen LogP contribution in [0.2, 0.25) is 0 Å². The van der Waals surface area contributed by atoms with Gasteiger partial charge in [-0.25, -0.2) is 9.67 Å². The van der Waals surface area contributed by atoms with E-state index in [1.165, 1.54) is 0 Å². The van der Waals surface area contributed by atoms with E-state index in [1.54, 1.807) is 29.2 Å². The number of nitrogens with one attached hydrogen (secondary N) is 1. The lowest BCUT2D eigenvalue weighted by atomic mass is 9.88. The topological polar surface area (TPSA) is 101 Å². The number of hydrogen-bond acceptors (Lipinski definition) is 6. The molecule has 2 aliphatic rings. The van der Waals surface area contributed by atoms with Crippen molar-refractivity contribution in [3.05, 3.63) is 42.4 Å². The summed E-state index contributed by atoms with van der Waals surface area (Å²) in [6, 6.07) is 5.43. The Morgan fingerprint density at radius 1 is 1.29 bits per heavy atom. The van der Waals surface area contributed by atoms with Crippen molar-refractivity contribution in [1.29, 1.82) is 0 Å². The maximum atomic E-state index is 12.7. The van der Waals surface area contributed by atoms with Crippen molar-refractivity contribution >= 4 is 11.9 Å². The second-order valence-corrected chi connectivity index (χ2v) is 6.25. The summed E-state index contributed by atoms with van der Waals surface area (Å²) >= 11 is 0. The zero-order valence-electron chi connectivity index (χ0n) is 13.2. The molecule has 0 unspecified atom stereocenters. The van der Waals surface area contributed by atoms with Crippen molar-refractivity contribution in [3.8, 4) is 5.82 Å². The SMILES string of the molecule is NC1=NCC2(CCN(C(=O)c3ccc(-n4cccn4)nc3)CC2)N1. The Balaban J connectivity index is 1.41. The minimum Gasteiger partial charge on any atom is -0.370 e. The average molecular weight is 325 g/mol. The van der Waals surface area contributed by atoms with Crippen molar-refractivity contribution in [2.75, 3.05) is 19.6 Å². The number of piperidine rings is 1. The predicted octanol–water partition coefficient (Wildman–Crippen LogP) is 0.160. The van der Waals surface area contributed by atoms with Gasteiger partial charge in [-0.1, -0.05) is 0 Å². The first-order valence-electron chi connectivity index (χ1n) is 7.99. The maximum Gasteiger partial charge on any atom is 0.255 e. The second kappa shape index (κ2) is 5.63. The number of rotatable bonds is 2. The maximum absolute atomic E-state index is 12.7. The van der Waals surface area contributed by atoms with Crippen LogP contribution in [0.25, 0.3) is 5.82 Å². The number of aliphatic imine (C=N–C) groups is 1. The summed E-state index contributed by atoms with van der Waals surface area (Å²) in [6.07, 6.45) is 6.82. The molecule has 0 bridgehead atoms. The van der Waals surface area contributed by atoms with Gasteiger partial charge in [0.15, 0.2) is 11.8 Å². The van der Waals surface area contributed by atoms with Gasteiger partial charge in [0, 0.05) is 31.7 Å². The third kappa shape index (κ3) is 2.60. The fourth-order valence-electron chi connectivity index (χ4n) is 3.24. The van der Waals surface area contributed by atoms with Crippen LogP contribution >= 0.6 is 0 Å². The van der Waals surface area contributed by atoms with E-state index in [4.69, 9.17) is 5.73 Å². The first-order chi connectivity index (χ1) is 11.7. The lowest BCUT2D eigenvalue weighted by Crippen LogP contribution is -2.55. The van der Waals surface area contributed by atoms with Gasteiger partial charge in [-0.05, 0) is 31.0 Å². The largest absolute Gasteiger partial charge is 0.370 e. The highest BCUT2D eigenvalue weighted by Gasteiger charge is 2.39. The summed E-state index contributed by atoms with van der Waals surface area (Å²) in [6.45, 7) is 2.08. The van der Waals surface area contributed by atoms with Gasteiger partial charge < -0.3 is 16.0 Å². The molecule has 0 radical (unpaired) electrons. The summed E-state index contributed by atoms with van der Waals surface area (Å²) in [4.78, 5) is 23.1. The van der Waals surface area contributed by atoms with Crippen LogP contribution in [0.4, 0.5) is 0 Å². The van der Waals surface area contributed by atoms with E-state index in [2.05, 4.69) is 20.4 Å². The first-order valence-corrected chi connectivity index (χ1v) is 7.99. The highest BCUT2D eigenvalue weighted by atomic mass is 16.2. The van der Waals surface area contributed by atoms with Gasteiger partial charge in [0.2, 0.25) is 0 Å². The molecule has 2 aromatic heterocycles. The van der Waals surface area contributed by atoms with Crippen molar-refractivity contribution < 1.29 is 4.79 Å². The molecule has 124 valence electrons. The van der Waals surface area contributed by atoms with Crippen LogP contribution in [0.3, 0.4) is 0 Å². The molecule has 1 fully saturated rings. The van der Waals surface area contributed by atoms with Crippen molar-refractivity contribution in [2.24, 2.45) is 10.7 Å². The van der Waals surface area contributed by atoms with E-state index in [0.717, 1.165) is 12.8 Å². The molecule has 4 heterocycles. The number of hydrogen-bond donors (Lipinski definition) is 2. The molecule has 0 aromatic carbocycles. The summed E-state index contributed by atoms with van der Waals surface area (Å²) in [7, 11) is 0. The van der Waals surface area contributed by atoms with Gasteiger partial charge in [-0.15, -0.1) is 0 Å². The molecule has 2 aromatic rings. The Morgan fingerprint density at radius 2 is 2.12 bits per heavy atom. The van der Waals surface area contributed by atoms with E-state index in [1.807, 2.05) is 17.2 Å². The molecule has 1 saturated heterocycles. The van der Waals surface area contributed by atoms with Crippen LogP contribution in [0, 0.1) is 0 Å². The van der Waals surface area contributed by atoms with Crippen LogP contribution in [0.5, 0.6) is 0 Å². The normalized spacial score (nSPS) is 19.2. The minimum atomic E-state index is -0.0664. The third-order valence-electron chi connectivity index (χ3n) is 4.69. The highest BCUT2D eigenvalue weighted by molar-refractivity contribution is 5.94. The minimum absolute atomic E-state index is 0.0104. The van der Waals surface area contributed by atoms with Crippen molar-refractivity contribution in [3.63, 3.8) is 0 Å². The zero-order chi connectivity index (χ0) is 16.6. The second-order valence-electron chi connectivity index (χ2n) is 6.25. The Labute approximate surface area is 139 Å². The quantitative estimate of drug-likeness (QED) is 0.819. The molecule has 8 nitrogen and oxygen atoms in total. The Morgan fingerprint density at radius 3 is 2.71 bits per heavy atom. The molecular weight excluding hydrogens is 306 g/mol. The van der Waals surface area contributed by atoms with Gasteiger partial charge in [-0.2, -0.15) is 5.10 Å².